The molecule has 0 aliphatic carbocycles. The van der Waals surface area contributed by atoms with Crippen molar-refractivity contribution in [1.82, 2.24) is 0 Å². The number of ether oxygens (including phenoxy) is 2. The van der Waals surface area contributed by atoms with Gasteiger partial charge in [0.1, 0.15) is 0 Å². The van der Waals surface area contributed by atoms with Gasteiger partial charge in [-0.2, -0.15) is 5.26 Å². The number of rotatable bonds is 6. The molecule has 0 heterocycles. The summed E-state index contributed by atoms with van der Waals surface area (Å²) in [5.41, 5.74) is 2.36. The first-order chi connectivity index (χ1) is 11.2. The third kappa shape index (κ3) is 4.48. The molecule has 2 aromatic carbocycles. The zero-order chi connectivity index (χ0) is 16.7. The van der Waals surface area contributed by atoms with Gasteiger partial charge in [0.25, 0.3) is 5.91 Å². The van der Waals surface area contributed by atoms with E-state index >= 15 is 0 Å². The van der Waals surface area contributed by atoms with Gasteiger partial charge in [0, 0.05) is 11.8 Å². The SMILES string of the molecule is CCc1cccc(NC(=O)COc2ccc(C#N)cc2OC)c1. The van der Waals surface area contributed by atoms with Gasteiger partial charge in [-0.1, -0.05) is 19.1 Å². The Morgan fingerprint density at radius 3 is 2.74 bits per heavy atom. The minimum absolute atomic E-state index is 0.140. The molecule has 0 atom stereocenters. The van der Waals surface area contributed by atoms with Gasteiger partial charge in [0.2, 0.25) is 0 Å². The zero-order valence-electron chi connectivity index (χ0n) is 13.1. The molecule has 0 spiro atoms. The van der Waals surface area contributed by atoms with Crippen LogP contribution in [0.2, 0.25) is 0 Å². The van der Waals surface area contributed by atoms with Gasteiger partial charge in [-0.3, -0.25) is 4.79 Å². The molecule has 0 fully saturated rings. The molecule has 2 rings (SSSR count). The number of nitrogens with zero attached hydrogens (tertiary/aromatic N) is 1. The molecule has 5 nitrogen and oxygen atoms in total. The van der Waals surface area contributed by atoms with E-state index in [1.807, 2.05) is 30.3 Å². The second kappa shape index (κ2) is 7.85. The number of methoxy groups -OCH3 is 1. The Balaban J connectivity index is 1.98. The highest BCUT2D eigenvalue weighted by Crippen LogP contribution is 2.27. The molecule has 1 amide bonds. The number of amides is 1. The summed E-state index contributed by atoms with van der Waals surface area (Å²) in [7, 11) is 1.49. The molecule has 0 saturated heterocycles. The lowest BCUT2D eigenvalue weighted by Crippen LogP contribution is -2.20. The number of carbonyl (C=O) groups is 1. The van der Waals surface area contributed by atoms with Crippen LogP contribution >= 0.6 is 0 Å². The molecule has 23 heavy (non-hydrogen) atoms. The fourth-order valence-corrected chi connectivity index (χ4v) is 2.07. The standard InChI is InChI=1S/C18H18N2O3/c1-3-13-5-4-6-15(9-13)20-18(21)12-23-16-8-7-14(11-19)10-17(16)22-2/h4-10H,3,12H2,1-2H3,(H,20,21). The quantitative estimate of drug-likeness (QED) is 0.889. The molecule has 2 aromatic rings. The van der Waals surface area contributed by atoms with Gasteiger partial charge in [-0.05, 0) is 36.2 Å². The van der Waals surface area contributed by atoms with E-state index in [0.717, 1.165) is 17.7 Å². The fraction of sp³-hybridized carbons (Fsp3) is 0.222. The Morgan fingerprint density at radius 1 is 1.22 bits per heavy atom. The molecule has 1 N–H and O–H groups in total. The van der Waals surface area contributed by atoms with Crippen LogP contribution in [0.1, 0.15) is 18.1 Å². The lowest BCUT2D eigenvalue weighted by molar-refractivity contribution is -0.118. The lowest BCUT2D eigenvalue weighted by Gasteiger charge is -2.11. The number of nitriles is 1. The highest BCUT2D eigenvalue weighted by molar-refractivity contribution is 5.92. The van der Waals surface area contributed by atoms with Gasteiger partial charge in [0.05, 0.1) is 18.7 Å². The minimum atomic E-state index is -0.260. The topological polar surface area (TPSA) is 71.3 Å². The van der Waals surface area contributed by atoms with Crippen LogP contribution in [0.5, 0.6) is 11.5 Å². The lowest BCUT2D eigenvalue weighted by atomic mass is 10.1. The Morgan fingerprint density at radius 2 is 2.04 bits per heavy atom. The van der Waals surface area contributed by atoms with Crippen molar-refractivity contribution in [2.75, 3.05) is 19.0 Å². The summed E-state index contributed by atoms with van der Waals surface area (Å²) in [6.07, 6.45) is 0.905. The molecule has 118 valence electrons. The first-order valence-corrected chi connectivity index (χ1v) is 7.26. The molecule has 0 saturated carbocycles. The summed E-state index contributed by atoms with van der Waals surface area (Å²) >= 11 is 0. The van der Waals surface area contributed by atoms with Crippen LogP contribution in [0.15, 0.2) is 42.5 Å². The zero-order valence-corrected chi connectivity index (χ0v) is 13.1. The number of anilines is 1. The van der Waals surface area contributed by atoms with Crippen LogP contribution in [-0.4, -0.2) is 19.6 Å². The van der Waals surface area contributed by atoms with Crippen molar-refractivity contribution in [1.29, 1.82) is 5.26 Å². The predicted molar refractivity (Wildman–Crippen MR) is 87.7 cm³/mol. The maximum Gasteiger partial charge on any atom is 0.262 e. The fourth-order valence-electron chi connectivity index (χ4n) is 2.07. The smallest absolute Gasteiger partial charge is 0.262 e. The van der Waals surface area contributed by atoms with Crippen LogP contribution in [0.25, 0.3) is 0 Å². The average molecular weight is 310 g/mol. The van der Waals surface area contributed by atoms with Crippen molar-refractivity contribution >= 4 is 11.6 Å². The Kier molecular flexibility index (Phi) is 5.59. The van der Waals surface area contributed by atoms with Crippen molar-refractivity contribution in [2.24, 2.45) is 0 Å². The average Bonchev–Trinajstić information content (AvgIpc) is 2.59. The molecule has 0 aliphatic rings. The normalized spacial score (nSPS) is 9.78. The van der Waals surface area contributed by atoms with Crippen molar-refractivity contribution in [3.8, 4) is 17.6 Å². The number of nitrogens with one attached hydrogen (secondary N) is 1. The molecular weight excluding hydrogens is 292 g/mol. The first kappa shape index (κ1) is 16.4. The van der Waals surface area contributed by atoms with Crippen molar-refractivity contribution in [2.45, 2.75) is 13.3 Å². The third-order valence-electron chi connectivity index (χ3n) is 3.27. The maximum atomic E-state index is 12.0. The molecule has 5 heteroatoms. The Hall–Kier alpha value is -3.00. The van der Waals surface area contributed by atoms with E-state index in [9.17, 15) is 4.79 Å². The van der Waals surface area contributed by atoms with E-state index in [1.165, 1.54) is 7.11 Å². The first-order valence-electron chi connectivity index (χ1n) is 7.26. The van der Waals surface area contributed by atoms with E-state index in [2.05, 4.69) is 12.2 Å². The summed E-state index contributed by atoms with van der Waals surface area (Å²) in [6.45, 7) is 1.92. The summed E-state index contributed by atoms with van der Waals surface area (Å²) < 4.78 is 10.6. The van der Waals surface area contributed by atoms with Gasteiger partial charge in [0.15, 0.2) is 18.1 Å². The second-order valence-corrected chi connectivity index (χ2v) is 4.87. The molecule has 0 bridgehead atoms. The monoisotopic (exact) mass is 310 g/mol. The van der Waals surface area contributed by atoms with Crippen molar-refractivity contribution < 1.29 is 14.3 Å². The number of hydrogen-bond donors (Lipinski definition) is 1. The van der Waals surface area contributed by atoms with Crippen LogP contribution in [0.4, 0.5) is 5.69 Å². The molecular formula is C18H18N2O3. The van der Waals surface area contributed by atoms with Crippen molar-refractivity contribution in [3.05, 3.63) is 53.6 Å². The summed E-state index contributed by atoms with van der Waals surface area (Å²) in [5, 5.41) is 11.7. The van der Waals surface area contributed by atoms with Gasteiger partial charge >= 0.3 is 0 Å². The van der Waals surface area contributed by atoms with Gasteiger partial charge < -0.3 is 14.8 Å². The molecule has 0 radical (unpaired) electrons. The minimum Gasteiger partial charge on any atom is -0.493 e. The van der Waals surface area contributed by atoms with Gasteiger partial charge in [-0.25, -0.2) is 0 Å². The number of hydrogen-bond acceptors (Lipinski definition) is 4. The van der Waals surface area contributed by atoms with E-state index in [-0.39, 0.29) is 12.5 Å². The summed E-state index contributed by atoms with van der Waals surface area (Å²) in [6, 6.07) is 14.5. The van der Waals surface area contributed by atoms with E-state index < -0.39 is 0 Å². The number of aryl methyl sites for hydroxylation is 1. The van der Waals surface area contributed by atoms with Crippen LogP contribution in [-0.2, 0) is 11.2 Å². The Labute approximate surface area is 135 Å². The summed E-state index contributed by atoms with van der Waals surface area (Å²) in [5.74, 6) is 0.582. The van der Waals surface area contributed by atoms with Crippen LogP contribution in [0.3, 0.4) is 0 Å². The highest BCUT2D eigenvalue weighted by Gasteiger charge is 2.09. The van der Waals surface area contributed by atoms with Crippen molar-refractivity contribution in [3.63, 3.8) is 0 Å². The highest BCUT2D eigenvalue weighted by atomic mass is 16.5. The van der Waals surface area contributed by atoms with Crippen LogP contribution in [0, 0.1) is 11.3 Å². The summed E-state index contributed by atoms with van der Waals surface area (Å²) in [4.78, 5) is 12.0. The van der Waals surface area contributed by atoms with E-state index in [1.54, 1.807) is 18.2 Å². The van der Waals surface area contributed by atoms with Gasteiger partial charge in [-0.15, -0.1) is 0 Å². The maximum absolute atomic E-state index is 12.0. The van der Waals surface area contributed by atoms with Crippen LogP contribution < -0.4 is 14.8 Å². The molecule has 0 aliphatic heterocycles. The molecule has 0 unspecified atom stereocenters. The van der Waals surface area contributed by atoms with E-state index in [4.69, 9.17) is 14.7 Å². The number of benzene rings is 2. The molecule has 0 aromatic heterocycles. The third-order valence-corrected chi connectivity index (χ3v) is 3.27. The number of carbonyl (C=O) groups excluding carboxylic acids is 1. The second-order valence-electron chi connectivity index (χ2n) is 4.87. The Bertz CT molecular complexity index is 735. The predicted octanol–water partition coefficient (Wildman–Crippen LogP) is 3.15. The van der Waals surface area contributed by atoms with E-state index in [0.29, 0.717) is 17.1 Å². The largest absolute Gasteiger partial charge is 0.493 e.